The summed E-state index contributed by atoms with van der Waals surface area (Å²) in [6.07, 6.45) is 2.81. The van der Waals surface area contributed by atoms with E-state index in [1.54, 1.807) is 44.4 Å². The molecule has 0 saturated carbocycles. The van der Waals surface area contributed by atoms with Gasteiger partial charge >= 0.3 is 0 Å². The summed E-state index contributed by atoms with van der Waals surface area (Å²) < 4.78 is 18.4. The quantitative estimate of drug-likeness (QED) is 0.849. The highest BCUT2D eigenvalue weighted by atomic mass is 19.1. The first-order chi connectivity index (χ1) is 11.9. The molecule has 0 aliphatic rings. The average Bonchev–Trinajstić information content (AvgIpc) is 2.59. The van der Waals surface area contributed by atoms with Crippen molar-refractivity contribution in [1.29, 1.82) is 0 Å². The Kier molecular flexibility index (Phi) is 5.89. The van der Waals surface area contributed by atoms with E-state index in [1.807, 2.05) is 0 Å². The third kappa shape index (κ3) is 4.91. The van der Waals surface area contributed by atoms with Crippen molar-refractivity contribution in [3.05, 3.63) is 65.5 Å². The van der Waals surface area contributed by atoms with Crippen molar-refractivity contribution in [1.82, 2.24) is 4.90 Å². The number of carbonyl (C=O) groups is 2. The van der Waals surface area contributed by atoms with Crippen LogP contribution in [0.2, 0.25) is 0 Å². The Hall–Kier alpha value is -3.15. The summed E-state index contributed by atoms with van der Waals surface area (Å²) in [7, 11) is 4.76. The van der Waals surface area contributed by atoms with E-state index in [0.29, 0.717) is 22.6 Å². The molecule has 130 valence electrons. The fourth-order valence-electron chi connectivity index (χ4n) is 2.14. The molecule has 0 aromatic heterocycles. The second kappa shape index (κ2) is 8.10. The second-order valence-electron chi connectivity index (χ2n) is 5.49. The molecule has 5 nitrogen and oxygen atoms in total. The van der Waals surface area contributed by atoms with Crippen molar-refractivity contribution in [2.45, 2.75) is 0 Å². The van der Waals surface area contributed by atoms with Crippen LogP contribution in [0.1, 0.15) is 15.9 Å². The Morgan fingerprint density at radius 2 is 1.92 bits per heavy atom. The molecule has 1 N–H and O–H groups in total. The molecule has 25 heavy (non-hydrogen) atoms. The molecule has 2 rings (SSSR count). The number of ether oxygens (including phenoxy) is 1. The lowest BCUT2D eigenvalue weighted by molar-refractivity contribution is -0.111. The van der Waals surface area contributed by atoms with Crippen LogP contribution in [0.25, 0.3) is 6.08 Å². The Labute approximate surface area is 145 Å². The van der Waals surface area contributed by atoms with Crippen molar-refractivity contribution in [2.75, 3.05) is 26.5 Å². The van der Waals surface area contributed by atoms with Crippen LogP contribution in [0.15, 0.2) is 48.5 Å². The molecule has 2 aromatic carbocycles. The van der Waals surface area contributed by atoms with Gasteiger partial charge in [0.15, 0.2) is 0 Å². The minimum absolute atomic E-state index is 0.165. The summed E-state index contributed by atoms with van der Waals surface area (Å²) in [6, 6.07) is 10.7. The topological polar surface area (TPSA) is 58.6 Å². The number of hydrogen-bond donors (Lipinski definition) is 1. The molecule has 0 atom stereocenters. The molecule has 0 radical (unpaired) electrons. The molecule has 0 bridgehead atoms. The lowest BCUT2D eigenvalue weighted by Gasteiger charge is -2.13. The van der Waals surface area contributed by atoms with Gasteiger partial charge in [0.25, 0.3) is 5.91 Å². The summed E-state index contributed by atoms with van der Waals surface area (Å²) in [4.78, 5) is 25.5. The second-order valence-corrected chi connectivity index (χ2v) is 5.49. The number of anilines is 1. The normalized spacial score (nSPS) is 10.6. The van der Waals surface area contributed by atoms with E-state index in [9.17, 15) is 14.0 Å². The van der Waals surface area contributed by atoms with Crippen LogP contribution in [-0.2, 0) is 4.79 Å². The Bertz CT molecular complexity index is 816. The predicted molar refractivity (Wildman–Crippen MR) is 95.1 cm³/mol. The Morgan fingerprint density at radius 3 is 2.56 bits per heavy atom. The van der Waals surface area contributed by atoms with Crippen LogP contribution in [0.3, 0.4) is 0 Å². The summed E-state index contributed by atoms with van der Waals surface area (Å²) in [5, 5.41) is 2.67. The fourth-order valence-corrected chi connectivity index (χ4v) is 2.14. The smallest absolute Gasteiger partial charge is 0.253 e. The number of halogens is 1. The SMILES string of the molecule is COc1cc(C(=O)N(C)C)ccc1NC(=O)C=Cc1cccc(F)c1. The zero-order valence-electron chi connectivity index (χ0n) is 14.2. The van der Waals surface area contributed by atoms with E-state index in [4.69, 9.17) is 4.74 Å². The maximum atomic E-state index is 13.1. The predicted octanol–water partition coefficient (Wildman–Crippen LogP) is 3.19. The summed E-state index contributed by atoms with van der Waals surface area (Å²) in [6.45, 7) is 0. The van der Waals surface area contributed by atoms with Crippen molar-refractivity contribution in [2.24, 2.45) is 0 Å². The maximum absolute atomic E-state index is 13.1. The van der Waals surface area contributed by atoms with E-state index in [1.165, 1.54) is 36.3 Å². The molecule has 2 amide bonds. The van der Waals surface area contributed by atoms with E-state index >= 15 is 0 Å². The van der Waals surface area contributed by atoms with Gasteiger partial charge in [-0.2, -0.15) is 0 Å². The van der Waals surface area contributed by atoms with Crippen LogP contribution in [-0.4, -0.2) is 37.9 Å². The van der Waals surface area contributed by atoms with E-state index < -0.39 is 5.91 Å². The van der Waals surface area contributed by atoms with E-state index in [2.05, 4.69) is 5.32 Å². The standard InChI is InChI=1S/C19H19FN2O3/c1-22(2)19(24)14-8-9-16(17(12-14)25-3)21-18(23)10-7-13-5-4-6-15(20)11-13/h4-12H,1-3H3,(H,21,23). The maximum Gasteiger partial charge on any atom is 0.253 e. The van der Waals surface area contributed by atoms with Gasteiger partial charge in [0.1, 0.15) is 11.6 Å². The molecule has 6 heteroatoms. The van der Waals surface area contributed by atoms with Crippen molar-refractivity contribution >= 4 is 23.6 Å². The van der Waals surface area contributed by atoms with Gasteiger partial charge in [-0.05, 0) is 42.0 Å². The van der Waals surface area contributed by atoms with Crippen molar-refractivity contribution in [3.8, 4) is 5.75 Å². The largest absolute Gasteiger partial charge is 0.495 e. The van der Waals surface area contributed by atoms with Crippen molar-refractivity contribution in [3.63, 3.8) is 0 Å². The number of nitrogens with zero attached hydrogens (tertiary/aromatic N) is 1. The van der Waals surface area contributed by atoms with Gasteiger partial charge < -0.3 is 15.0 Å². The molecular formula is C19H19FN2O3. The monoisotopic (exact) mass is 342 g/mol. The van der Waals surface area contributed by atoms with Crippen LogP contribution >= 0.6 is 0 Å². The lowest BCUT2D eigenvalue weighted by atomic mass is 10.1. The van der Waals surface area contributed by atoms with Gasteiger partial charge in [0.2, 0.25) is 5.91 Å². The van der Waals surface area contributed by atoms with Gasteiger partial charge in [-0.3, -0.25) is 9.59 Å². The summed E-state index contributed by atoms with van der Waals surface area (Å²) in [5.74, 6) is -0.554. The van der Waals surface area contributed by atoms with Gasteiger partial charge in [-0.25, -0.2) is 4.39 Å². The minimum atomic E-state index is -0.394. The van der Waals surface area contributed by atoms with Crippen LogP contribution < -0.4 is 10.1 Å². The Balaban J connectivity index is 2.13. The average molecular weight is 342 g/mol. The minimum Gasteiger partial charge on any atom is -0.495 e. The molecule has 2 aromatic rings. The molecule has 0 unspecified atom stereocenters. The molecular weight excluding hydrogens is 323 g/mol. The van der Waals surface area contributed by atoms with Gasteiger partial charge in [0.05, 0.1) is 12.8 Å². The molecule has 0 aliphatic carbocycles. The zero-order chi connectivity index (χ0) is 18.4. The summed E-state index contributed by atoms with van der Waals surface area (Å²) >= 11 is 0. The number of nitrogens with one attached hydrogen (secondary N) is 1. The van der Waals surface area contributed by atoms with Crippen LogP contribution in [0.5, 0.6) is 5.75 Å². The zero-order valence-corrected chi connectivity index (χ0v) is 14.2. The molecule has 0 heterocycles. The summed E-state index contributed by atoms with van der Waals surface area (Å²) in [5.41, 5.74) is 1.47. The number of hydrogen-bond acceptors (Lipinski definition) is 3. The first kappa shape index (κ1) is 18.2. The van der Waals surface area contributed by atoms with Crippen LogP contribution in [0, 0.1) is 5.82 Å². The van der Waals surface area contributed by atoms with Crippen LogP contribution in [0.4, 0.5) is 10.1 Å². The first-order valence-electron chi connectivity index (χ1n) is 7.55. The van der Waals surface area contributed by atoms with E-state index in [0.717, 1.165) is 0 Å². The highest BCUT2D eigenvalue weighted by molar-refractivity contribution is 6.03. The van der Waals surface area contributed by atoms with Gasteiger partial charge in [-0.1, -0.05) is 12.1 Å². The number of amides is 2. The highest BCUT2D eigenvalue weighted by Gasteiger charge is 2.12. The van der Waals surface area contributed by atoms with Crippen molar-refractivity contribution < 1.29 is 18.7 Å². The van der Waals surface area contributed by atoms with Gasteiger partial charge in [-0.15, -0.1) is 0 Å². The number of benzene rings is 2. The lowest BCUT2D eigenvalue weighted by Crippen LogP contribution is -2.21. The third-order valence-corrected chi connectivity index (χ3v) is 3.39. The van der Waals surface area contributed by atoms with Gasteiger partial charge in [0, 0.05) is 25.7 Å². The number of rotatable bonds is 5. The molecule has 0 fully saturated rings. The van der Waals surface area contributed by atoms with E-state index in [-0.39, 0.29) is 11.7 Å². The first-order valence-corrected chi connectivity index (χ1v) is 7.55. The number of carbonyl (C=O) groups excluding carboxylic acids is 2. The molecule has 0 spiro atoms. The third-order valence-electron chi connectivity index (χ3n) is 3.39. The Morgan fingerprint density at radius 1 is 1.16 bits per heavy atom. The fraction of sp³-hybridized carbons (Fsp3) is 0.158. The molecule has 0 aliphatic heterocycles. The highest BCUT2D eigenvalue weighted by Crippen LogP contribution is 2.26. The molecule has 0 saturated heterocycles. The number of methoxy groups -OCH3 is 1.